The molecule has 2 aromatic carbocycles. The SMILES string of the molecule is [Ir].[c-]1ccccc1-c1cccc2cccnc12. The van der Waals surface area contributed by atoms with Crippen LogP contribution in [0.3, 0.4) is 0 Å². The van der Waals surface area contributed by atoms with Gasteiger partial charge >= 0.3 is 0 Å². The van der Waals surface area contributed by atoms with E-state index in [1.165, 1.54) is 0 Å². The second-order valence-corrected chi connectivity index (χ2v) is 3.66. The van der Waals surface area contributed by atoms with E-state index in [0.29, 0.717) is 0 Å². The number of benzene rings is 2. The summed E-state index contributed by atoms with van der Waals surface area (Å²) in [6.45, 7) is 0. The number of nitrogens with zero attached hydrogens (tertiary/aromatic N) is 1. The van der Waals surface area contributed by atoms with E-state index in [4.69, 9.17) is 0 Å². The molecular formula is C15H10IrN-. The van der Waals surface area contributed by atoms with Gasteiger partial charge in [-0.1, -0.05) is 29.8 Å². The molecule has 2 heteroatoms. The van der Waals surface area contributed by atoms with E-state index in [2.05, 4.69) is 41.4 Å². The summed E-state index contributed by atoms with van der Waals surface area (Å²) in [5, 5.41) is 1.16. The minimum Gasteiger partial charge on any atom is -0.266 e. The molecule has 1 aromatic heterocycles. The van der Waals surface area contributed by atoms with Crippen LogP contribution in [0, 0.1) is 6.07 Å². The Bertz CT molecular complexity index is 615. The zero-order chi connectivity index (χ0) is 10.8. The second kappa shape index (κ2) is 5.22. The summed E-state index contributed by atoms with van der Waals surface area (Å²) in [5.74, 6) is 0. The average molecular weight is 396 g/mol. The molecule has 1 radical (unpaired) electrons. The van der Waals surface area contributed by atoms with Crippen molar-refractivity contribution >= 4 is 10.9 Å². The molecule has 0 atom stereocenters. The summed E-state index contributed by atoms with van der Waals surface area (Å²) >= 11 is 0. The number of aromatic nitrogens is 1. The predicted molar refractivity (Wildman–Crippen MR) is 66.0 cm³/mol. The Balaban J connectivity index is 0.00000108. The van der Waals surface area contributed by atoms with Crippen LogP contribution in [0.4, 0.5) is 0 Å². The fourth-order valence-electron chi connectivity index (χ4n) is 1.88. The molecule has 0 unspecified atom stereocenters. The number of rotatable bonds is 1. The van der Waals surface area contributed by atoms with Gasteiger partial charge in [0.1, 0.15) is 0 Å². The maximum Gasteiger partial charge on any atom is 0.0366 e. The van der Waals surface area contributed by atoms with Crippen LogP contribution >= 0.6 is 0 Å². The number of para-hydroxylation sites is 1. The van der Waals surface area contributed by atoms with E-state index in [-0.39, 0.29) is 20.1 Å². The normalized spacial score (nSPS) is 9.88. The van der Waals surface area contributed by atoms with Gasteiger partial charge in [-0.25, -0.2) is 0 Å². The number of hydrogen-bond donors (Lipinski definition) is 0. The molecule has 3 rings (SSSR count). The molecule has 1 nitrogen and oxygen atoms in total. The topological polar surface area (TPSA) is 12.9 Å². The van der Waals surface area contributed by atoms with Crippen LogP contribution in [0.5, 0.6) is 0 Å². The van der Waals surface area contributed by atoms with Crippen molar-refractivity contribution in [1.82, 2.24) is 4.98 Å². The largest absolute Gasteiger partial charge is 0.266 e. The van der Waals surface area contributed by atoms with Gasteiger partial charge in [0, 0.05) is 31.8 Å². The molecular weight excluding hydrogens is 386 g/mol. The second-order valence-electron chi connectivity index (χ2n) is 3.66. The van der Waals surface area contributed by atoms with Gasteiger partial charge in [-0.3, -0.25) is 4.98 Å². The summed E-state index contributed by atoms with van der Waals surface area (Å²) in [5.41, 5.74) is 3.26. The minimum absolute atomic E-state index is 0. The van der Waals surface area contributed by atoms with Crippen molar-refractivity contribution in [3.63, 3.8) is 0 Å². The van der Waals surface area contributed by atoms with E-state index in [9.17, 15) is 0 Å². The Morgan fingerprint density at radius 2 is 1.76 bits per heavy atom. The molecule has 0 fully saturated rings. The molecule has 85 valence electrons. The summed E-state index contributed by atoms with van der Waals surface area (Å²) in [6.07, 6.45) is 1.83. The molecule has 0 bridgehead atoms. The summed E-state index contributed by atoms with van der Waals surface area (Å²) in [6, 6.07) is 21.5. The van der Waals surface area contributed by atoms with E-state index in [1.807, 2.05) is 30.5 Å². The molecule has 0 amide bonds. The first-order valence-corrected chi connectivity index (χ1v) is 5.26. The van der Waals surface area contributed by atoms with Gasteiger partial charge < -0.3 is 0 Å². The Labute approximate surface area is 114 Å². The summed E-state index contributed by atoms with van der Waals surface area (Å²) < 4.78 is 0. The van der Waals surface area contributed by atoms with Crippen molar-refractivity contribution in [2.45, 2.75) is 0 Å². The van der Waals surface area contributed by atoms with Gasteiger partial charge in [0.15, 0.2) is 0 Å². The van der Waals surface area contributed by atoms with Crippen LogP contribution in [0.1, 0.15) is 0 Å². The quantitative estimate of drug-likeness (QED) is 0.572. The summed E-state index contributed by atoms with van der Waals surface area (Å²) in [4.78, 5) is 4.44. The van der Waals surface area contributed by atoms with Crippen LogP contribution in [0.2, 0.25) is 0 Å². The van der Waals surface area contributed by atoms with Gasteiger partial charge in [0.25, 0.3) is 0 Å². The Morgan fingerprint density at radius 3 is 2.59 bits per heavy atom. The van der Waals surface area contributed by atoms with E-state index in [0.717, 1.165) is 22.0 Å². The smallest absolute Gasteiger partial charge is 0.0366 e. The Morgan fingerprint density at radius 1 is 0.882 bits per heavy atom. The van der Waals surface area contributed by atoms with Crippen molar-refractivity contribution in [2.75, 3.05) is 0 Å². The first-order valence-electron chi connectivity index (χ1n) is 5.26. The molecule has 0 saturated heterocycles. The van der Waals surface area contributed by atoms with Gasteiger partial charge in [-0.05, 0) is 11.5 Å². The molecule has 3 aromatic rings. The van der Waals surface area contributed by atoms with Gasteiger partial charge in [-0.2, -0.15) is 0 Å². The zero-order valence-corrected chi connectivity index (χ0v) is 11.4. The average Bonchev–Trinajstić information content (AvgIpc) is 2.39. The van der Waals surface area contributed by atoms with Crippen LogP contribution in [-0.2, 0) is 20.1 Å². The standard InChI is InChI=1S/C15H10N.Ir/c1-2-6-12(7-3-1)14-10-4-8-13-9-5-11-16-15(13)14;/h1-6,8-11H;/q-1;. The number of hydrogen-bond acceptors (Lipinski definition) is 1. The fraction of sp³-hybridized carbons (Fsp3) is 0. The number of pyridine rings is 1. The van der Waals surface area contributed by atoms with E-state index >= 15 is 0 Å². The van der Waals surface area contributed by atoms with Crippen molar-refractivity contribution in [3.05, 3.63) is 66.9 Å². The van der Waals surface area contributed by atoms with Crippen molar-refractivity contribution in [3.8, 4) is 11.1 Å². The molecule has 1 heterocycles. The van der Waals surface area contributed by atoms with Crippen molar-refractivity contribution < 1.29 is 20.1 Å². The predicted octanol–water partition coefficient (Wildman–Crippen LogP) is 3.70. The van der Waals surface area contributed by atoms with Gasteiger partial charge in [-0.15, -0.1) is 35.9 Å². The Hall–Kier alpha value is -1.50. The molecule has 0 saturated carbocycles. The van der Waals surface area contributed by atoms with Crippen LogP contribution in [-0.4, -0.2) is 4.98 Å². The van der Waals surface area contributed by atoms with Crippen LogP contribution in [0.15, 0.2) is 60.8 Å². The summed E-state index contributed by atoms with van der Waals surface area (Å²) in [7, 11) is 0. The van der Waals surface area contributed by atoms with Crippen LogP contribution in [0.25, 0.3) is 22.0 Å². The third kappa shape index (κ3) is 2.28. The molecule has 0 aliphatic carbocycles. The first kappa shape index (κ1) is 12.0. The molecule has 0 aliphatic rings. The maximum absolute atomic E-state index is 4.44. The third-order valence-electron chi connectivity index (χ3n) is 2.63. The first-order chi connectivity index (χ1) is 7.95. The van der Waals surface area contributed by atoms with E-state index < -0.39 is 0 Å². The number of fused-ring (bicyclic) bond motifs is 1. The fourth-order valence-corrected chi connectivity index (χ4v) is 1.88. The minimum atomic E-state index is 0. The molecule has 0 aliphatic heterocycles. The zero-order valence-electron chi connectivity index (χ0n) is 9.05. The maximum atomic E-state index is 4.44. The van der Waals surface area contributed by atoms with Crippen molar-refractivity contribution in [2.24, 2.45) is 0 Å². The molecule has 0 N–H and O–H groups in total. The third-order valence-corrected chi connectivity index (χ3v) is 2.63. The Kier molecular flexibility index (Phi) is 3.68. The van der Waals surface area contributed by atoms with Crippen LogP contribution < -0.4 is 0 Å². The van der Waals surface area contributed by atoms with Crippen molar-refractivity contribution in [1.29, 1.82) is 0 Å². The monoisotopic (exact) mass is 397 g/mol. The van der Waals surface area contributed by atoms with Gasteiger partial charge in [0.05, 0.1) is 0 Å². The molecule has 17 heavy (non-hydrogen) atoms. The van der Waals surface area contributed by atoms with E-state index in [1.54, 1.807) is 0 Å². The molecule has 0 spiro atoms. The van der Waals surface area contributed by atoms with Gasteiger partial charge in [0.2, 0.25) is 0 Å².